The molecule has 40 heavy (non-hydrogen) atoms. The van der Waals surface area contributed by atoms with Gasteiger partial charge in [0.2, 0.25) is 9.92 Å². The summed E-state index contributed by atoms with van der Waals surface area (Å²) in [6.07, 6.45) is 3.30. The van der Waals surface area contributed by atoms with Crippen LogP contribution in [0.25, 0.3) is 9.92 Å². The van der Waals surface area contributed by atoms with E-state index in [0.717, 1.165) is 79.9 Å². The molecule has 6 rings (SSSR count). The topological polar surface area (TPSA) is 105 Å². The number of hydrogen-bond acceptors (Lipinski definition) is 10. The number of halogens is 2. The lowest BCUT2D eigenvalue weighted by Crippen LogP contribution is -2.02. The zero-order valence-electron chi connectivity index (χ0n) is 21.7. The third kappa shape index (κ3) is 5.90. The normalized spacial score (nSPS) is 11.6. The first kappa shape index (κ1) is 26.9. The molecule has 0 bridgehead atoms. The van der Waals surface area contributed by atoms with Gasteiger partial charge in [-0.15, -0.1) is 20.4 Å². The molecule has 0 fully saturated rings. The first-order valence-corrected chi connectivity index (χ1v) is 15.0. The van der Waals surface area contributed by atoms with Gasteiger partial charge < -0.3 is 9.47 Å². The third-order valence-corrected chi connectivity index (χ3v) is 8.44. The van der Waals surface area contributed by atoms with Gasteiger partial charge in [-0.3, -0.25) is 0 Å². The molecule has 6 aromatic rings. The van der Waals surface area contributed by atoms with Crippen LogP contribution in [0.5, 0.6) is 11.5 Å². The zero-order valence-corrected chi connectivity index (χ0v) is 24.8. The third-order valence-electron chi connectivity index (χ3n) is 6.22. The van der Waals surface area contributed by atoms with E-state index in [-0.39, 0.29) is 0 Å². The van der Waals surface area contributed by atoms with Crippen molar-refractivity contribution in [1.29, 1.82) is 0 Å². The van der Waals surface area contributed by atoms with E-state index in [2.05, 4.69) is 30.6 Å². The maximum Gasteiger partial charge on any atom is 0.234 e. The maximum atomic E-state index is 6.03. The van der Waals surface area contributed by atoms with Gasteiger partial charge in [0, 0.05) is 22.9 Å². The molecule has 0 saturated carbocycles. The largest absolute Gasteiger partial charge is 0.486 e. The van der Waals surface area contributed by atoms with Crippen molar-refractivity contribution in [1.82, 2.24) is 39.6 Å². The van der Waals surface area contributed by atoms with Crippen molar-refractivity contribution in [3.63, 3.8) is 0 Å². The number of fused-ring (bicyclic) bond motifs is 2. The summed E-state index contributed by atoms with van der Waals surface area (Å²) in [6, 6.07) is 11.1. The van der Waals surface area contributed by atoms with Crippen molar-refractivity contribution >= 4 is 55.8 Å². The van der Waals surface area contributed by atoms with Crippen molar-refractivity contribution in [3.8, 4) is 11.5 Å². The summed E-state index contributed by atoms with van der Waals surface area (Å²) in [6.45, 7) is 4.65. The van der Waals surface area contributed by atoms with Gasteiger partial charge in [0.25, 0.3) is 0 Å². The summed E-state index contributed by atoms with van der Waals surface area (Å²) in [5.74, 6) is 3.23. The Morgan fingerprint density at radius 3 is 1.55 bits per heavy atom. The minimum absolute atomic E-state index is 0.360. The highest BCUT2D eigenvalue weighted by molar-refractivity contribution is 7.16. The molecule has 2 aromatic carbocycles. The molecule has 4 heterocycles. The molecule has 10 nitrogen and oxygen atoms in total. The number of unbranched alkanes of at least 4 members (excludes halogenated alkanes) is 1. The second-order valence-electron chi connectivity index (χ2n) is 9.22. The molecule has 0 atom stereocenters. The molecule has 0 spiro atoms. The lowest BCUT2D eigenvalue weighted by Gasteiger charge is -2.07. The van der Waals surface area contributed by atoms with E-state index in [4.69, 9.17) is 32.7 Å². The molecular formula is C26H24Cl2N8O2S2. The zero-order chi connectivity index (χ0) is 27.6. The minimum atomic E-state index is 0.360. The number of nitrogens with zero attached hydrogens (tertiary/aromatic N) is 8. The van der Waals surface area contributed by atoms with E-state index >= 15 is 0 Å². The van der Waals surface area contributed by atoms with Gasteiger partial charge >= 0.3 is 0 Å². The van der Waals surface area contributed by atoms with Gasteiger partial charge in [-0.25, -0.2) is 0 Å². The van der Waals surface area contributed by atoms with Gasteiger partial charge in [0.05, 0.1) is 0 Å². The summed E-state index contributed by atoms with van der Waals surface area (Å²) in [4.78, 5) is 1.51. The fourth-order valence-electron chi connectivity index (χ4n) is 4.22. The first-order chi connectivity index (χ1) is 19.4. The molecule has 0 amide bonds. The van der Waals surface area contributed by atoms with E-state index in [9.17, 15) is 0 Å². The van der Waals surface area contributed by atoms with Gasteiger partial charge in [0.15, 0.2) is 21.7 Å². The predicted molar refractivity (Wildman–Crippen MR) is 155 cm³/mol. The average Bonchev–Trinajstić information content (AvgIpc) is 3.68. The molecular weight excluding hydrogens is 591 g/mol. The van der Waals surface area contributed by atoms with E-state index in [0.29, 0.717) is 23.3 Å². The fourth-order valence-corrected chi connectivity index (χ4v) is 6.20. The monoisotopic (exact) mass is 614 g/mol. The average molecular weight is 616 g/mol. The highest BCUT2D eigenvalue weighted by Gasteiger charge is 2.15. The second-order valence-corrected chi connectivity index (χ2v) is 12.2. The number of hydrogen-bond donors (Lipinski definition) is 0. The molecule has 14 heteroatoms. The van der Waals surface area contributed by atoms with Crippen molar-refractivity contribution < 1.29 is 9.47 Å². The SMILES string of the molecule is Cc1cc(Cl)ccc1OCc1nn2c(CCCCc3nnc4sc(COc5ccc(Cl)cc5C)nn34)nnc2s1. The molecule has 0 N–H and O–H groups in total. The van der Waals surface area contributed by atoms with Crippen LogP contribution in [-0.2, 0) is 26.1 Å². The molecule has 0 saturated heterocycles. The van der Waals surface area contributed by atoms with E-state index in [1.54, 1.807) is 0 Å². The number of aryl methyl sites for hydroxylation is 4. The van der Waals surface area contributed by atoms with E-state index in [1.807, 2.05) is 59.3 Å². The molecule has 206 valence electrons. The Bertz CT molecular complexity index is 1660. The lowest BCUT2D eigenvalue weighted by atomic mass is 10.2. The Balaban J connectivity index is 1.02. The van der Waals surface area contributed by atoms with E-state index < -0.39 is 0 Å². The standard InChI is InChI=1S/C26H24Cl2N8O2S2/c1-15-11-17(27)7-9-19(15)37-13-23-33-35-21(29-31-25(35)39-23)5-3-4-6-22-30-32-26-36(22)34-24(40-26)14-38-20-10-8-18(28)12-16(20)2/h7-12H,3-6,13-14H2,1-2H3. The molecule has 0 unspecified atom stereocenters. The van der Waals surface area contributed by atoms with Crippen LogP contribution in [0.3, 0.4) is 0 Å². The first-order valence-electron chi connectivity index (χ1n) is 12.6. The Labute approximate surface area is 247 Å². The van der Waals surface area contributed by atoms with Crippen LogP contribution in [0.4, 0.5) is 0 Å². The van der Waals surface area contributed by atoms with Crippen LogP contribution in [0.1, 0.15) is 45.6 Å². The molecule has 0 aliphatic rings. The van der Waals surface area contributed by atoms with Crippen LogP contribution in [0.15, 0.2) is 36.4 Å². The smallest absolute Gasteiger partial charge is 0.234 e. The summed E-state index contributed by atoms with van der Waals surface area (Å²) in [5, 5.41) is 29.6. The number of aromatic nitrogens is 8. The summed E-state index contributed by atoms with van der Waals surface area (Å²) >= 11 is 15.0. The van der Waals surface area contributed by atoms with Crippen molar-refractivity contribution in [2.24, 2.45) is 0 Å². The summed E-state index contributed by atoms with van der Waals surface area (Å²) in [7, 11) is 0. The Morgan fingerprint density at radius 2 is 1.12 bits per heavy atom. The van der Waals surface area contributed by atoms with Crippen LogP contribution < -0.4 is 9.47 Å². The van der Waals surface area contributed by atoms with Crippen molar-refractivity contribution in [2.75, 3.05) is 0 Å². The van der Waals surface area contributed by atoms with Gasteiger partial charge in [0.1, 0.15) is 24.7 Å². The van der Waals surface area contributed by atoms with Crippen LogP contribution >= 0.6 is 45.9 Å². The number of ether oxygens (including phenoxy) is 2. The van der Waals surface area contributed by atoms with Crippen LogP contribution in [0, 0.1) is 13.8 Å². The molecule has 0 aliphatic carbocycles. The quantitative estimate of drug-likeness (QED) is 0.156. The number of rotatable bonds is 11. The van der Waals surface area contributed by atoms with Crippen molar-refractivity contribution in [2.45, 2.75) is 52.7 Å². The molecule has 0 radical (unpaired) electrons. The van der Waals surface area contributed by atoms with Gasteiger partial charge in [-0.1, -0.05) is 45.9 Å². The summed E-state index contributed by atoms with van der Waals surface area (Å²) < 4.78 is 15.5. The molecule has 4 aromatic heterocycles. The summed E-state index contributed by atoms with van der Waals surface area (Å²) in [5.41, 5.74) is 1.97. The Hall–Kier alpha value is -3.32. The van der Waals surface area contributed by atoms with Crippen LogP contribution in [0.2, 0.25) is 10.0 Å². The van der Waals surface area contributed by atoms with Crippen LogP contribution in [-0.4, -0.2) is 39.6 Å². The maximum absolute atomic E-state index is 6.03. The lowest BCUT2D eigenvalue weighted by molar-refractivity contribution is 0.302. The highest BCUT2D eigenvalue weighted by Crippen LogP contribution is 2.25. The van der Waals surface area contributed by atoms with Gasteiger partial charge in [-0.2, -0.15) is 19.2 Å². The Morgan fingerprint density at radius 1 is 0.675 bits per heavy atom. The van der Waals surface area contributed by atoms with E-state index in [1.165, 1.54) is 22.7 Å². The van der Waals surface area contributed by atoms with Crippen molar-refractivity contribution in [3.05, 3.63) is 79.2 Å². The fraction of sp³-hybridized carbons (Fsp3) is 0.308. The highest BCUT2D eigenvalue weighted by atomic mass is 35.5. The predicted octanol–water partition coefficient (Wildman–Crippen LogP) is 6.33. The number of benzene rings is 2. The van der Waals surface area contributed by atoms with Gasteiger partial charge in [-0.05, 0) is 74.2 Å². The second kappa shape index (κ2) is 11.7. The Kier molecular flexibility index (Phi) is 7.83. The molecule has 0 aliphatic heterocycles. The minimum Gasteiger partial charge on any atom is -0.486 e.